The number of amides is 1. The van der Waals surface area contributed by atoms with Crippen LogP contribution in [0.2, 0.25) is 0 Å². The summed E-state index contributed by atoms with van der Waals surface area (Å²) in [7, 11) is 0. The van der Waals surface area contributed by atoms with Crippen LogP contribution < -0.4 is 4.90 Å². The summed E-state index contributed by atoms with van der Waals surface area (Å²) >= 11 is 0. The van der Waals surface area contributed by atoms with E-state index in [9.17, 15) is 19.9 Å². The lowest BCUT2D eigenvalue weighted by Crippen LogP contribution is -2.25. The molecule has 6 heteroatoms. The van der Waals surface area contributed by atoms with Crippen LogP contribution in [0, 0.1) is 4.91 Å². The summed E-state index contributed by atoms with van der Waals surface area (Å²) in [6, 6.07) is 19.1. The molecule has 3 rings (SSSR count). The van der Waals surface area contributed by atoms with E-state index in [1.807, 2.05) is 0 Å². The highest BCUT2D eigenvalue weighted by molar-refractivity contribution is 6.10. The van der Waals surface area contributed by atoms with E-state index in [1.165, 1.54) is 29.2 Å². The molecule has 26 heavy (non-hydrogen) atoms. The minimum absolute atomic E-state index is 0.0497. The quantitative estimate of drug-likeness (QED) is 0.671. The molecule has 0 unspecified atom stereocenters. The van der Waals surface area contributed by atoms with Gasteiger partial charge >= 0.3 is 0 Å². The molecule has 0 bridgehead atoms. The third-order valence-electron chi connectivity index (χ3n) is 3.87. The number of phenolic OH excluding ortho intramolecular Hbond substituents is 2. The van der Waals surface area contributed by atoms with Crippen molar-refractivity contribution in [3.63, 3.8) is 0 Å². The minimum atomic E-state index is -0.285. The number of nitroso groups, excluding NO2 is 1. The third kappa shape index (κ3) is 3.70. The molecule has 2 N–H and O–H groups in total. The maximum atomic E-state index is 13.1. The van der Waals surface area contributed by atoms with E-state index in [2.05, 4.69) is 5.18 Å². The molecule has 6 nitrogen and oxygen atoms in total. The Labute approximate surface area is 149 Å². The Morgan fingerprint density at radius 3 is 1.65 bits per heavy atom. The van der Waals surface area contributed by atoms with E-state index in [4.69, 9.17) is 0 Å². The maximum absolute atomic E-state index is 13.1. The molecule has 1 amide bonds. The number of aromatic hydroxyl groups is 2. The molecule has 3 aromatic rings. The molecule has 3 aromatic carbocycles. The van der Waals surface area contributed by atoms with Gasteiger partial charge < -0.3 is 10.2 Å². The average Bonchev–Trinajstić information content (AvgIpc) is 2.66. The Hall–Kier alpha value is -3.67. The molecule has 0 aromatic heterocycles. The number of phenols is 2. The second kappa shape index (κ2) is 7.48. The zero-order valence-corrected chi connectivity index (χ0v) is 13.7. The lowest BCUT2D eigenvalue weighted by atomic mass is 10.1. The lowest BCUT2D eigenvalue weighted by molar-refractivity contribution is 0.0999. The molecule has 0 spiro atoms. The Bertz CT molecular complexity index is 859. The number of anilines is 2. The summed E-state index contributed by atoms with van der Waals surface area (Å²) in [5.74, 6) is -0.0952. The van der Waals surface area contributed by atoms with Gasteiger partial charge in [0.25, 0.3) is 5.91 Å². The zero-order chi connectivity index (χ0) is 18.5. The SMILES string of the molecule is O=NCc1ccc(C(=O)N(c2ccc(O)cc2)c2ccc(O)cc2)cc1. The molecule has 0 aliphatic rings. The van der Waals surface area contributed by atoms with Gasteiger partial charge in [0.2, 0.25) is 0 Å². The van der Waals surface area contributed by atoms with Crippen molar-refractivity contribution in [1.82, 2.24) is 0 Å². The van der Waals surface area contributed by atoms with Crippen molar-refractivity contribution in [2.24, 2.45) is 5.18 Å². The molecular formula is C20H16N2O4. The van der Waals surface area contributed by atoms with E-state index in [0.29, 0.717) is 16.9 Å². The van der Waals surface area contributed by atoms with Gasteiger partial charge in [-0.25, -0.2) is 0 Å². The Balaban J connectivity index is 2.01. The first kappa shape index (κ1) is 17.2. The Morgan fingerprint density at radius 2 is 1.23 bits per heavy atom. The number of rotatable bonds is 5. The second-order valence-electron chi connectivity index (χ2n) is 5.66. The predicted octanol–water partition coefficient (Wildman–Crippen LogP) is 4.34. The van der Waals surface area contributed by atoms with Crippen LogP contribution in [-0.2, 0) is 6.54 Å². The molecule has 130 valence electrons. The first-order valence-corrected chi connectivity index (χ1v) is 7.89. The van der Waals surface area contributed by atoms with Crippen LogP contribution >= 0.6 is 0 Å². The largest absolute Gasteiger partial charge is 0.508 e. The summed E-state index contributed by atoms with van der Waals surface area (Å²) in [5.41, 5.74) is 2.28. The van der Waals surface area contributed by atoms with Crippen LogP contribution in [0.3, 0.4) is 0 Å². The van der Waals surface area contributed by atoms with E-state index in [1.54, 1.807) is 48.5 Å². The van der Waals surface area contributed by atoms with Crippen molar-refractivity contribution in [3.05, 3.63) is 88.8 Å². The van der Waals surface area contributed by atoms with E-state index in [-0.39, 0.29) is 24.0 Å². The predicted molar refractivity (Wildman–Crippen MR) is 98.6 cm³/mol. The first-order chi connectivity index (χ1) is 12.6. The molecule has 0 saturated carbocycles. The lowest BCUT2D eigenvalue weighted by Gasteiger charge is -2.23. The van der Waals surface area contributed by atoms with Gasteiger partial charge in [-0.2, -0.15) is 4.91 Å². The number of carbonyl (C=O) groups excluding carboxylic acids is 1. The summed E-state index contributed by atoms with van der Waals surface area (Å²) in [4.78, 5) is 24.9. The first-order valence-electron chi connectivity index (χ1n) is 7.89. The van der Waals surface area contributed by atoms with Gasteiger partial charge in [-0.05, 0) is 66.2 Å². The maximum Gasteiger partial charge on any atom is 0.262 e. The second-order valence-corrected chi connectivity index (χ2v) is 5.66. The number of nitrogens with zero attached hydrogens (tertiary/aromatic N) is 2. The summed E-state index contributed by atoms with van der Waals surface area (Å²) in [6.45, 7) is 0.0497. The molecule has 0 atom stereocenters. The topological polar surface area (TPSA) is 90.2 Å². The highest BCUT2D eigenvalue weighted by Crippen LogP contribution is 2.30. The smallest absolute Gasteiger partial charge is 0.262 e. The van der Waals surface area contributed by atoms with Crippen molar-refractivity contribution in [2.75, 3.05) is 4.90 Å². The fraction of sp³-hybridized carbons (Fsp3) is 0.0500. The van der Waals surface area contributed by atoms with Crippen LogP contribution in [-0.4, -0.2) is 16.1 Å². The fourth-order valence-corrected chi connectivity index (χ4v) is 2.54. The van der Waals surface area contributed by atoms with E-state index in [0.717, 1.165) is 5.56 Å². The van der Waals surface area contributed by atoms with E-state index >= 15 is 0 Å². The van der Waals surface area contributed by atoms with Gasteiger partial charge in [-0.3, -0.25) is 9.69 Å². The molecular weight excluding hydrogens is 332 g/mol. The number of carbonyl (C=O) groups is 1. The van der Waals surface area contributed by atoms with Crippen LogP contribution in [0.1, 0.15) is 15.9 Å². The summed E-state index contributed by atoms with van der Waals surface area (Å²) < 4.78 is 0. The normalized spacial score (nSPS) is 10.3. The molecule has 0 saturated heterocycles. The minimum Gasteiger partial charge on any atom is -0.508 e. The third-order valence-corrected chi connectivity index (χ3v) is 3.87. The highest BCUT2D eigenvalue weighted by atomic mass is 16.3. The molecule has 0 aliphatic heterocycles. The van der Waals surface area contributed by atoms with Crippen molar-refractivity contribution in [1.29, 1.82) is 0 Å². The average molecular weight is 348 g/mol. The zero-order valence-electron chi connectivity index (χ0n) is 13.7. The van der Waals surface area contributed by atoms with Gasteiger partial charge in [0, 0.05) is 16.9 Å². The molecule has 0 heterocycles. The van der Waals surface area contributed by atoms with Gasteiger partial charge in [0.15, 0.2) is 0 Å². The van der Waals surface area contributed by atoms with Crippen LogP contribution in [0.25, 0.3) is 0 Å². The number of benzene rings is 3. The van der Waals surface area contributed by atoms with Crippen molar-refractivity contribution in [2.45, 2.75) is 6.54 Å². The Morgan fingerprint density at radius 1 is 0.769 bits per heavy atom. The summed E-state index contributed by atoms with van der Waals surface area (Å²) in [6.07, 6.45) is 0. The molecule has 0 radical (unpaired) electrons. The summed E-state index contributed by atoms with van der Waals surface area (Å²) in [5, 5.41) is 21.9. The molecule has 0 aliphatic carbocycles. The highest BCUT2D eigenvalue weighted by Gasteiger charge is 2.20. The molecule has 0 fully saturated rings. The van der Waals surface area contributed by atoms with Crippen molar-refractivity contribution < 1.29 is 15.0 Å². The van der Waals surface area contributed by atoms with Crippen molar-refractivity contribution >= 4 is 17.3 Å². The van der Waals surface area contributed by atoms with Crippen LogP contribution in [0.4, 0.5) is 11.4 Å². The van der Waals surface area contributed by atoms with Gasteiger partial charge in [0.05, 0.1) is 0 Å². The van der Waals surface area contributed by atoms with Gasteiger partial charge in [0.1, 0.15) is 18.0 Å². The Kier molecular flexibility index (Phi) is 4.94. The number of hydrogen-bond donors (Lipinski definition) is 2. The van der Waals surface area contributed by atoms with E-state index < -0.39 is 0 Å². The van der Waals surface area contributed by atoms with Crippen LogP contribution in [0.15, 0.2) is 78.0 Å². The monoisotopic (exact) mass is 348 g/mol. The van der Waals surface area contributed by atoms with Crippen LogP contribution in [0.5, 0.6) is 11.5 Å². The fourth-order valence-electron chi connectivity index (χ4n) is 2.54. The standard InChI is InChI=1S/C20H16N2O4/c23-18-9-5-16(6-10-18)22(17-7-11-19(24)12-8-17)20(25)15-3-1-14(2-4-15)13-21-26/h1-12,23-24H,13H2. The number of hydrogen-bond acceptors (Lipinski definition) is 5. The van der Waals surface area contributed by atoms with Gasteiger partial charge in [-0.1, -0.05) is 17.3 Å². The van der Waals surface area contributed by atoms with Gasteiger partial charge in [-0.15, -0.1) is 0 Å². The van der Waals surface area contributed by atoms with Crippen molar-refractivity contribution in [3.8, 4) is 11.5 Å².